The van der Waals surface area contributed by atoms with Crippen molar-refractivity contribution in [2.24, 2.45) is 5.92 Å². The van der Waals surface area contributed by atoms with E-state index in [1.807, 2.05) is 60.0 Å². The van der Waals surface area contributed by atoms with Gasteiger partial charge in [-0.25, -0.2) is 4.79 Å². The molecule has 0 saturated carbocycles. The predicted molar refractivity (Wildman–Crippen MR) is 164 cm³/mol. The first-order valence-electron chi connectivity index (χ1n) is 15.7. The Labute approximate surface area is 261 Å². The van der Waals surface area contributed by atoms with Crippen LogP contribution in [0.25, 0.3) is 11.0 Å². The number of aromatic amines is 1. The van der Waals surface area contributed by atoms with Gasteiger partial charge >= 0.3 is 5.69 Å². The van der Waals surface area contributed by atoms with Crippen LogP contribution in [-0.4, -0.2) is 91.3 Å². The third kappa shape index (κ3) is 6.89. The molecule has 4 heterocycles. The number of likely N-dealkylation sites (tertiary alicyclic amines) is 1. The number of imidazole rings is 1. The monoisotopic (exact) mass is 623 g/mol. The van der Waals surface area contributed by atoms with E-state index in [9.17, 15) is 9.59 Å². The minimum absolute atomic E-state index is 0.00470. The summed E-state index contributed by atoms with van der Waals surface area (Å²) in [7, 11) is 0. The summed E-state index contributed by atoms with van der Waals surface area (Å²) < 4.78 is 36.6. The van der Waals surface area contributed by atoms with Crippen LogP contribution in [0.4, 0.5) is 0 Å². The van der Waals surface area contributed by atoms with E-state index in [2.05, 4.69) is 4.98 Å². The van der Waals surface area contributed by atoms with Crippen molar-refractivity contribution < 1.29 is 38.3 Å². The van der Waals surface area contributed by atoms with Crippen LogP contribution in [0.15, 0.2) is 59.1 Å². The van der Waals surface area contributed by atoms with Crippen molar-refractivity contribution in [2.45, 2.75) is 44.4 Å². The van der Waals surface area contributed by atoms with Crippen LogP contribution in [0.3, 0.4) is 0 Å². The maximum Gasteiger partial charge on any atom is 0.326 e. The molecule has 1 amide bonds. The summed E-state index contributed by atoms with van der Waals surface area (Å²) in [6, 6.07) is 13.5. The average Bonchev–Trinajstić information content (AvgIpc) is 3.67. The second-order valence-electron chi connectivity index (χ2n) is 11.4. The minimum atomic E-state index is -0.661. The molecule has 3 aliphatic heterocycles. The zero-order valence-corrected chi connectivity index (χ0v) is 25.5. The Balaban J connectivity index is 1.19. The second kappa shape index (κ2) is 14.5. The number of allylic oxidation sites excluding steroid dienone is 1. The Morgan fingerprint density at radius 3 is 2.60 bits per heavy atom. The maximum absolute atomic E-state index is 13.9. The molecule has 6 rings (SSSR count). The van der Waals surface area contributed by atoms with Gasteiger partial charge in [0.05, 0.1) is 37.5 Å². The fourth-order valence-electron chi connectivity index (χ4n) is 6.46. The molecule has 3 aromatic rings. The first kappa shape index (κ1) is 31.2. The van der Waals surface area contributed by atoms with Crippen molar-refractivity contribution in [3.8, 4) is 11.5 Å². The first-order chi connectivity index (χ1) is 22.1. The summed E-state index contributed by atoms with van der Waals surface area (Å²) in [5, 5.41) is 8.90. The Morgan fingerprint density at radius 1 is 1.02 bits per heavy atom. The van der Waals surface area contributed by atoms with Gasteiger partial charge in [0.25, 0.3) is 5.91 Å². The highest BCUT2D eigenvalue weighted by molar-refractivity contribution is 5.92. The van der Waals surface area contributed by atoms with Crippen LogP contribution >= 0.6 is 0 Å². The molecule has 0 unspecified atom stereocenters. The lowest BCUT2D eigenvalue weighted by atomic mass is 9.81. The number of piperidine rings is 1. The lowest BCUT2D eigenvalue weighted by Gasteiger charge is -2.39. The highest BCUT2D eigenvalue weighted by Crippen LogP contribution is 2.43. The van der Waals surface area contributed by atoms with E-state index >= 15 is 0 Å². The number of carbonyl (C=O) groups is 1. The number of fused-ring (bicyclic) bond motifs is 2. The highest BCUT2D eigenvalue weighted by Gasteiger charge is 2.40. The molecule has 3 aliphatic rings. The van der Waals surface area contributed by atoms with E-state index < -0.39 is 6.29 Å². The van der Waals surface area contributed by atoms with Crippen LogP contribution < -0.4 is 15.2 Å². The van der Waals surface area contributed by atoms with Gasteiger partial charge in [-0.2, -0.15) is 0 Å². The number of aliphatic hydroxyl groups is 1. The number of rotatable bonds is 13. The molecule has 0 aliphatic carbocycles. The minimum Gasteiger partial charge on any atom is -0.459 e. The molecule has 1 fully saturated rings. The molecule has 2 N–H and O–H groups in total. The van der Waals surface area contributed by atoms with Gasteiger partial charge in [0.15, 0.2) is 17.3 Å². The molecule has 3 atom stereocenters. The van der Waals surface area contributed by atoms with E-state index in [0.717, 1.165) is 16.6 Å². The first-order valence-corrected chi connectivity index (χ1v) is 15.7. The third-order valence-electron chi connectivity index (χ3n) is 8.65. The number of benzene rings is 2. The van der Waals surface area contributed by atoms with Crippen LogP contribution in [-0.2, 0) is 23.7 Å². The van der Waals surface area contributed by atoms with Crippen molar-refractivity contribution in [2.75, 3.05) is 59.5 Å². The zero-order valence-electron chi connectivity index (χ0n) is 25.5. The van der Waals surface area contributed by atoms with E-state index in [1.165, 1.54) is 0 Å². The quantitative estimate of drug-likeness (QED) is 0.275. The average molecular weight is 624 g/mol. The van der Waals surface area contributed by atoms with Crippen molar-refractivity contribution in [3.63, 3.8) is 0 Å². The fourth-order valence-corrected chi connectivity index (χ4v) is 6.46. The molecule has 12 heteroatoms. The highest BCUT2D eigenvalue weighted by atomic mass is 16.7. The number of carbonyl (C=O) groups excluding carboxylic acids is 1. The molecule has 0 radical (unpaired) electrons. The van der Waals surface area contributed by atoms with Crippen LogP contribution in [0, 0.1) is 5.92 Å². The summed E-state index contributed by atoms with van der Waals surface area (Å²) in [4.78, 5) is 31.4. The summed E-state index contributed by atoms with van der Waals surface area (Å²) in [6.45, 7) is 4.98. The summed E-state index contributed by atoms with van der Waals surface area (Å²) in [5.41, 5.74) is 2.53. The molecule has 12 nitrogen and oxygen atoms in total. The number of H-pyrrole nitrogens is 1. The van der Waals surface area contributed by atoms with Gasteiger partial charge in [-0.3, -0.25) is 9.36 Å². The lowest BCUT2D eigenvalue weighted by Crippen LogP contribution is -2.44. The smallest absolute Gasteiger partial charge is 0.326 e. The lowest BCUT2D eigenvalue weighted by molar-refractivity contribution is -0.172. The number of aromatic nitrogens is 2. The topological polar surface area (TPSA) is 134 Å². The largest absolute Gasteiger partial charge is 0.459 e. The standard InChI is InChI=1S/C33H41N3O9/c1-2-42-32-24(11-15-40-17-18-41-16-14-37)25(22-7-8-28-29(19-22)44-21-43-28)20-30(45-32)31(38)35-12-9-23(10-13-35)36-27-6-4-3-5-26(27)34-33(36)39/h3-8,19-20,23-25,32,37H,2,9-18,21H2,1H3,(H,34,39)/t24-,25+,32+/m1/s1. The van der Waals surface area contributed by atoms with E-state index in [0.29, 0.717) is 70.3 Å². The number of hydrogen-bond acceptors (Lipinski definition) is 9. The van der Waals surface area contributed by atoms with E-state index in [1.54, 1.807) is 4.90 Å². The van der Waals surface area contributed by atoms with Crippen LogP contribution in [0.5, 0.6) is 11.5 Å². The molecule has 1 aromatic heterocycles. The molecule has 2 aromatic carbocycles. The number of para-hydroxylation sites is 2. The Morgan fingerprint density at radius 2 is 1.80 bits per heavy atom. The fraction of sp³-hybridized carbons (Fsp3) is 0.515. The summed E-state index contributed by atoms with van der Waals surface area (Å²) in [5.74, 6) is 1.07. The number of nitrogens with one attached hydrogen (secondary N) is 1. The SMILES string of the molecule is CCO[C@H]1OC(C(=O)N2CCC(n3c(=O)[nH]c4ccccc43)CC2)=C[C@@H](c2ccc3c(c2)OCO3)[C@H]1CCOCCOCCO. The van der Waals surface area contributed by atoms with Crippen molar-refractivity contribution in [1.82, 2.24) is 14.5 Å². The van der Waals surface area contributed by atoms with Gasteiger partial charge in [-0.05, 0) is 62.1 Å². The number of nitrogens with zero attached hydrogens (tertiary/aromatic N) is 2. The number of amides is 1. The van der Waals surface area contributed by atoms with Crippen LogP contribution in [0.2, 0.25) is 0 Å². The van der Waals surface area contributed by atoms with Gasteiger partial charge in [0.1, 0.15) is 0 Å². The van der Waals surface area contributed by atoms with Crippen molar-refractivity contribution >= 4 is 16.9 Å². The van der Waals surface area contributed by atoms with Gasteiger partial charge < -0.3 is 43.4 Å². The third-order valence-corrected chi connectivity index (χ3v) is 8.65. The number of ether oxygens (including phenoxy) is 6. The molecular weight excluding hydrogens is 582 g/mol. The van der Waals surface area contributed by atoms with Gasteiger partial charge in [0.2, 0.25) is 13.1 Å². The predicted octanol–water partition coefficient (Wildman–Crippen LogP) is 3.31. The molecular formula is C33H41N3O9. The zero-order chi connectivity index (χ0) is 31.2. The molecule has 1 saturated heterocycles. The molecule has 242 valence electrons. The maximum atomic E-state index is 13.9. The normalized spacial score (nSPS) is 21.6. The van der Waals surface area contributed by atoms with Crippen molar-refractivity contribution in [1.29, 1.82) is 0 Å². The summed E-state index contributed by atoms with van der Waals surface area (Å²) >= 11 is 0. The van der Waals surface area contributed by atoms with E-state index in [-0.39, 0.29) is 55.2 Å². The summed E-state index contributed by atoms with van der Waals surface area (Å²) in [6.07, 6.45) is 3.17. The van der Waals surface area contributed by atoms with Crippen LogP contribution in [0.1, 0.15) is 43.7 Å². The second-order valence-corrected chi connectivity index (χ2v) is 11.4. The van der Waals surface area contributed by atoms with Gasteiger partial charge in [-0.1, -0.05) is 18.2 Å². The Hall–Kier alpha value is -3.84. The van der Waals surface area contributed by atoms with E-state index in [4.69, 9.17) is 33.5 Å². The Bertz CT molecular complexity index is 1540. The number of aliphatic hydroxyl groups excluding tert-OH is 1. The van der Waals surface area contributed by atoms with Gasteiger partial charge in [0, 0.05) is 44.2 Å². The van der Waals surface area contributed by atoms with Crippen molar-refractivity contribution in [3.05, 3.63) is 70.3 Å². The number of hydrogen-bond donors (Lipinski definition) is 2. The molecule has 45 heavy (non-hydrogen) atoms. The molecule has 0 spiro atoms. The molecule has 0 bridgehead atoms. The Kier molecular flexibility index (Phi) is 10.0. The van der Waals surface area contributed by atoms with Gasteiger partial charge in [-0.15, -0.1) is 0 Å².